The molecule has 140 valence electrons. The summed E-state index contributed by atoms with van der Waals surface area (Å²) in [5.74, 6) is 0.896. The minimum absolute atomic E-state index is 0.129. The molecular weight excluding hydrogens is 354 g/mol. The van der Waals surface area contributed by atoms with Crippen LogP contribution in [0.15, 0.2) is 48.5 Å². The van der Waals surface area contributed by atoms with Gasteiger partial charge in [-0.3, -0.25) is 0 Å². The van der Waals surface area contributed by atoms with Gasteiger partial charge in [0.05, 0.1) is 24.6 Å². The Morgan fingerprint density at radius 1 is 1.11 bits per heavy atom. The quantitative estimate of drug-likeness (QED) is 0.699. The number of nitrogens with one attached hydrogen (secondary N) is 2. The van der Waals surface area contributed by atoms with E-state index in [1.54, 1.807) is 0 Å². The van der Waals surface area contributed by atoms with Crippen LogP contribution in [0.4, 0.5) is 5.69 Å². The number of anilines is 1. The Morgan fingerprint density at radius 3 is 2.37 bits per heavy atom. The van der Waals surface area contributed by atoms with Gasteiger partial charge >= 0.3 is 0 Å². The van der Waals surface area contributed by atoms with E-state index in [-0.39, 0.29) is 5.54 Å². The number of benzene rings is 2. The van der Waals surface area contributed by atoms with Gasteiger partial charge < -0.3 is 15.4 Å². The van der Waals surface area contributed by atoms with Crippen LogP contribution in [0.5, 0.6) is 5.75 Å². The molecule has 1 aliphatic rings. The highest BCUT2D eigenvalue weighted by molar-refractivity contribution is 7.80. The molecule has 0 aliphatic heterocycles. The first-order valence-corrected chi connectivity index (χ1v) is 9.84. The summed E-state index contributed by atoms with van der Waals surface area (Å²) in [6, 6.07) is 18.3. The third-order valence-corrected chi connectivity index (χ3v) is 5.23. The largest absolute Gasteiger partial charge is 0.494 e. The van der Waals surface area contributed by atoms with Crippen LogP contribution in [0.3, 0.4) is 0 Å². The van der Waals surface area contributed by atoms with Gasteiger partial charge in [0.15, 0.2) is 5.11 Å². The SMILES string of the molecule is CCOc1ccc(C2(NC(=S)Nc3ccc(CC#N)cc3)CCCC2)cc1. The van der Waals surface area contributed by atoms with Crippen molar-refractivity contribution in [1.29, 1.82) is 5.26 Å². The summed E-state index contributed by atoms with van der Waals surface area (Å²) in [7, 11) is 0. The maximum atomic E-state index is 8.77. The molecule has 0 amide bonds. The minimum Gasteiger partial charge on any atom is -0.494 e. The molecule has 0 spiro atoms. The lowest BCUT2D eigenvalue weighted by Gasteiger charge is -2.32. The Morgan fingerprint density at radius 2 is 1.78 bits per heavy atom. The van der Waals surface area contributed by atoms with E-state index in [1.165, 1.54) is 18.4 Å². The molecule has 2 N–H and O–H groups in total. The maximum absolute atomic E-state index is 8.77. The van der Waals surface area contributed by atoms with Crippen molar-refractivity contribution >= 4 is 23.0 Å². The molecule has 0 bridgehead atoms. The van der Waals surface area contributed by atoms with Gasteiger partial charge in [0.2, 0.25) is 0 Å². The summed E-state index contributed by atoms with van der Waals surface area (Å²) in [6.07, 6.45) is 4.91. The van der Waals surface area contributed by atoms with Gasteiger partial charge in [0.1, 0.15) is 5.75 Å². The van der Waals surface area contributed by atoms with Gasteiger partial charge in [-0.05, 0) is 67.4 Å². The highest BCUT2D eigenvalue weighted by Gasteiger charge is 2.36. The number of hydrogen-bond acceptors (Lipinski definition) is 3. The molecule has 4 nitrogen and oxygen atoms in total. The first-order valence-electron chi connectivity index (χ1n) is 9.43. The lowest BCUT2D eigenvalue weighted by molar-refractivity contribution is 0.339. The molecule has 0 radical (unpaired) electrons. The predicted octanol–water partition coefficient (Wildman–Crippen LogP) is 4.91. The van der Waals surface area contributed by atoms with Gasteiger partial charge in [0.25, 0.3) is 0 Å². The van der Waals surface area contributed by atoms with Crippen molar-refractivity contribution in [3.63, 3.8) is 0 Å². The molecule has 2 aromatic rings. The average molecular weight is 380 g/mol. The summed E-state index contributed by atoms with van der Waals surface area (Å²) < 4.78 is 5.56. The first kappa shape index (κ1) is 19.2. The van der Waals surface area contributed by atoms with Gasteiger partial charge in [-0.2, -0.15) is 5.26 Å². The Bertz CT molecular complexity index is 803. The van der Waals surface area contributed by atoms with E-state index in [4.69, 9.17) is 22.2 Å². The number of ether oxygens (including phenoxy) is 1. The standard InChI is InChI=1S/C22H25N3OS/c1-2-26-20-11-7-18(8-12-20)22(14-3-4-15-22)25-21(27)24-19-9-5-17(6-10-19)13-16-23/h5-12H,2-4,13-15H2,1H3,(H2,24,25,27). The number of nitriles is 1. The number of nitrogens with zero attached hydrogens (tertiary/aromatic N) is 1. The number of hydrogen-bond donors (Lipinski definition) is 2. The normalized spacial score (nSPS) is 15.0. The monoisotopic (exact) mass is 379 g/mol. The molecule has 1 saturated carbocycles. The fourth-order valence-electron chi connectivity index (χ4n) is 3.68. The van der Waals surface area contributed by atoms with Crippen LogP contribution in [0.2, 0.25) is 0 Å². The summed E-state index contributed by atoms with van der Waals surface area (Å²) in [5.41, 5.74) is 3.05. The number of rotatable bonds is 6. The summed E-state index contributed by atoms with van der Waals surface area (Å²) in [4.78, 5) is 0. The van der Waals surface area contributed by atoms with E-state index in [2.05, 4.69) is 28.8 Å². The van der Waals surface area contributed by atoms with Crippen molar-refractivity contribution < 1.29 is 4.74 Å². The number of thiocarbonyl (C=S) groups is 1. The maximum Gasteiger partial charge on any atom is 0.171 e. The molecule has 1 aliphatic carbocycles. The van der Waals surface area contributed by atoms with E-state index < -0.39 is 0 Å². The lowest BCUT2D eigenvalue weighted by atomic mass is 9.88. The minimum atomic E-state index is -0.129. The van der Waals surface area contributed by atoms with Crippen LogP contribution in [-0.4, -0.2) is 11.7 Å². The zero-order valence-electron chi connectivity index (χ0n) is 15.6. The molecule has 0 unspecified atom stereocenters. The Balaban J connectivity index is 1.70. The van der Waals surface area contributed by atoms with Gasteiger partial charge in [-0.25, -0.2) is 0 Å². The summed E-state index contributed by atoms with van der Waals surface area (Å²) in [6.45, 7) is 2.66. The van der Waals surface area contributed by atoms with E-state index >= 15 is 0 Å². The van der Waals surface area contributed by atoms with Crippen LogP contribution in [0.1, 0.15) is 43.7 Å². The highest BCUT2D eigenvalue weighted by Crippen LogP contribution is 2.39. The molecule has 1 fully saturated rings. The van der Waals surface area contributed by atoms with Gasteiger partial charge in [0, 0.05) is 5.69 Å². The Labute approximate surface area is 166 Å². The second-order valence-corrected chi connectivity index (χ2v) is 7.27. The van der Waals surface area contributed by atoms with Crippen molar-refractivity contribution in [2.45, 2.75) is 44.6 Å². The first-order chi connectivity index (χ1) is 13.1. The average Bonchev–Trinajstić information content (AvgIpc) is 3.14. The van der Waals surface area contributed by atoms with Crippen LogP contribution >= 0.6 is 12.2 Å². The molecule has 0 heterocycles. The highest BCUT2D eigenvalue weighted by atomic mass is 32.1. The Hall–Kier alpha value is -2.58. The fourth-order valence-corrected chi connectivity index (χ4v) is 3.99. The van der Waals surface area contributed by atoms with Crippen LogP contribution in [0, 0.1) is 11.3 Å². The van der Waals surface area contributed by atoms with E-state index in [1.807, 2.05) is 43.3 Å². The van der Waals surface area contributed by atoms with Crippen LogP contribution < -0.4 is 15.4 Å². The molecule has 0 saturated heterocycles. The molecule has 5 heteroatoms. The molecular formula is C22H25N3OS. The molecule has 3 rings (SSSR count). The zero-order chi connectivity index (χ0) is 19.1. The topological polar surface area (TPSA) is 57.1 Å². The van der Waals surface area contributed by atoms with E-state index in [9.17, 15) is 0 Å². The molecule has 2 aromatic carbocycles. The second-order valence-electron chi connectivity index (χ2n) is 6.86. The van der Waals surface area contributed by atoms with Crippen molar-refractivity contribution in [3.8, 4) is 11.8 Å². The summed E-state index contributed by atoms with van der Waals surface area (Å²) in [5, 5.41) is 16.2. The third-order valence-electron chi connectivity index (χ3n) is 5.02. The zero-order valence-corrected chi connectivity index (χ0v) is 16.4. The van der Waals surface area contributed by atoms with E-state index in [0.717, 1.165) is 29.8 Å². The van der Waals surface area contributed by atoms with Gasteiger partial charge in [-0.1, -0.05) is 37.1 Å². The van der Waals surface area contributed by atoms with Crippen molar-refractivity contribution in [2.24, 2.45) is 0 Å². The van der Waals surface area contributed by atoms with E-state index in [0.29, 0.717) is 18.1 Å². The third kappa shape index (κ3) is 4.78. The van der Waals surface area contributed by atoms with Crippen molar-refractivity contribution in [3.05, 3.63) is 59.7 Å². The predicted molar refractivity (Wildman–Crippen MR) is 113 cm³/mol. The fraction of sp³-hybridized carbons (Fsp3) is 0.364. The summed E-state index contributed by atoms with van der Waals surface area (Å²) >= 11 is 5.60. The van der Waals surface area contributed by atoms with Crippen molar-refractivity contribution in [2.75, 3.05) is 11.9 Å². The van der Waals surface area contributed by atoms with Crippen molar-refractivity contribution in [1.82, 2.24) is 5.32 Å². The lowest BCUT2D eigenvalue weighted by Crippen LogP contribution is -2.45. The smallest absolute Gasteiger partial charge is 0.171 e. The van der Waals surface area contributed by atoms with Crippen LogP contribution in [-0.2, 0) is 12.0 Å². The molecule has 0 atom stereocenters. The second kappa shape index (κ2) is 8.88. The molecule has 27 heavy (non-hydrogen) atoms. The Kier molecular flexibility index (Phi) is 6.31. The molecule has 0 aromatic heterocycles. The van der Waals surface area contributed by atoms with Crippen LogP contribution in [0.25, 0.3) is 0 Å². The van der Waals surface area contributed by atoms with Gasteiger partial charge in [-0.15, -0.1) is 0 Å².